The third-order valence-corrected chi connectivity index (χ3v) is 10.5. The number of hydrogen-bond donors (Lipinski definition) is 0. The van der Waals surface area contributed by atoms with Gasteiger partial charge in [-0.3, -0.25) is 0 Å². The van der Waals surface area contributed by atoms with Crippen LogP contribution in [0.3, 0.4) is 0 Å². The van der Waals surface area contributed by atoms with Gasteiger partial charge in [0.15, 0.2) is 0 Å². The highest BCUT2D eigenvalue weighted by Crippen LogP contribution is 2.43. The summed E-state index contributed by atoms with van der Waals surface area (Å²) in [5.74, 6) is 0. The van der Waals surface area contributed by atoms with E-state index in [1.54, 1.807) is 0 Å². The summed E-state index contributed by atoms with van der Waals surface area (Å²) >= 11 is 0. The Morgan fingerprint density at radius 2 is 0.804 bits per heavy atom. The summed E-state index contributed by atoms with van der Waals surface area (Å²) in [7, 11) is 0. The Hall–Kier alpha value is -6.84. The molecular weight excluding hydrogens is 621 g/mol. The molecule has 0 saturated carbocycles. The van der Waals surface area contributed by atoms with Gasteiger partial charge in [-0.05, 0) is 101 Å². The minimum absolute atomic E-state index is 0.891. The molecule has 0 spiro atoms. The standard InChI is InChI=1S/C48H30N2O/c1-3-13-34(14-4-1)49-42-20-10-7-17-36(42)40-27-31(23-25-44(40)49)33-29-39(48-38-19-9-12-22-46(38)51-47(48)30-33)32-24-26-45-41(28-32)37-18-8-11-21-43(37)50(45)35-15-5-2-6-16-35/h1-30H. The first-order valence-electron chi connectivity index (χ1n) is 17.4. The van der Waals surface area contributed by atoms with Gasteiger partial charge >= 0.3 is 0 Å². The zero-order valence-electron chi connectivity index (χ0n) is 27.6. The maximum atomic E-state index is 6.61. The number of hydrogen-bond acceptors (Lipinski definition) is 1. The van der Waals surface area contributed by atoms with Gasteiger partial charge in [-0.25, -0.2) is 0 Å². The van der Waals surface area contributed by atoms with E-state index in [9.17, 15) is 0 Å². The highest BCUT2D eigenvalue weighted by molar-refractivity contribution is 6.17. The summed E-state index contributed by atoms with van der Waals surface area (Å²) in [6, 6.07) is 65.5. The number of rotatable bonds is 4. The molecule has 238 valence electrons. The molecule has 3 nitrogen and oxygen atoms in total. The number of furan rings is 1. The smallest absolute Gasteiger partial charge is 0.136 e. The third kappa shape index (κ3) is 4.19. The average Bonchev–Trinajstić information content (AvgIpc) is 3.85. The van der Waals surface area contributed by atoms with Crippen LogP contribution in [0.15, 0.2) is 186 Å². The number of aromatic nitrogens is 2. The number of nitrogens with zero attached hydrogens (tertiary/aromatic N) is 2. The zero-order valence-corrected chi connectivity index (χ0v) is 27.6. The van der Waals surface area contributed by atoms with Crippen molar-refractivity contribution in [1.82, 2.24) is 9.13 Å². The molecule has 0 N–H and O–H groups in total. The van der Waals surface area contributed by atoms with Crippen LogP contribution in [0.25, 0.3) is 99.2 Å². The summed E-state index contributed by atoms with van der Waals surface area (Å²) in [4.78, 5) is 0. The van der Waals surface area contributed by atoms with E-state index in [-0.39, 0.29) is 0 Å². The highest BCUT2D eigenvalue weighted by Gasteiger charge is 2.19. The number of fused-ring (bicyclic) bond motifs is 9. The molecule has 0 aliphatic carbocycles. The molecule has 0 atom stereocenters. The summed E-state index contributed by atoms with van der Waals surface area (Å²) in [6.45, 7) is 0. The first kappa shape index (κ1) is 28.0. The van der Waals surface area contributed by atoms with Crippen molar-refractivity contribution < 1.29 is 4.42 Å². The van der Waals surface area contributed by atoms with Crippen LogP contribution < -0.4 is 0 Å². The van der Waals surface area contributed by atoms with E-state index in [0.29, 0.717) is 0 Å². The van der Waals surface area contributed by atoms with E-state index < -0.39 is 0 Å². The Morgan fingerprint density at radius 1 is 0.314 bits per heavy atom. The Balaban J connectivity index is 1.17. The van der Waals surface area contributed by atoms with E-state index in [4.69, 9.17) is 4.42 Å². The normalized spacial score (nSPS) is 11.9. The second kappa shape index (κ2) is 10.8. The van der Waals surface area contributed by atoms with Crippen molar-refractivity contribution in [3.05, 3.63) is 182 Å². The number of benzene rings is 8. The van der Waals surface area contributed by atoms with E-state index in [1.165, 1.54) is 49.2 Å². The lowest BCUT2D eigenvalue weighted by Gasteiger charge is -2.11. The van der Waals surface area contributed by atoms with Gasteiger partial charge in [0, 0.05) is 43.7 Å². The van der Waals surface area contributed by atoms with Crippen molar-refractivity contribution in [3.8, 4) is 33.6 Å². The molecule has 3 heterocycles. The molecule has 3 aromatic heterocycles. The molecule has 3 heteroatoms. The van der Waals surface area contributed by atoms with Crippen LogP contribution in [0.1, 0.15) is 0 Å². The van der Waals surface area contributed by atoms with Crippen LogP contribution in [0.2, 0.25) is 0 Å². The van der Waals surface area contributed by atoms with Crippen LogP contribution in [-0.4, -0.2) is 9.13 Å². The third-order valence-electron chi connectivity index (χ3n) is 10.5. The minimum Gasteiger partial charge on any atom is -0.456 e. The zero-order chi connectivity index (χ0) is 33.5. The fourth-order valence-electron chi connectivity index (χ4n) is 8.25. The summed E-state index contributed by atoms with van der Waals surface area (Å²) < 4.78 is 11.3. The molecule has 0 aliphatic rings. The lowest BCUT2D eigenvalue weighted by atomic mass is 9.93. The minimum atomic E-state index is 0.891. The fraction of sp³-hybridized carbons (Fsp3) is 0. The van der Waals surface area contributed by atoms with Crippen LogP contribution in [0, 0.1) is 0 Å². The molecule has 0 bridgehead atoms. The first-order chi connectivity index (χ1) is 25.3. The molecule has 0 aliphatic heterocycles. The van der Waals surface area contributed by atoms with Gasteiger partial charge in [0.25, 0.3) is 0 Å². The fourth-order valence-corrected chi connectivity index (χ4v) is 8.25. The molecule has 8 aromatic carbocycles. The Labute approximate surface area is 293 Å². The second-order valence-electron chi connectivity index (χ2n) is 13.3. The predicted molar refractivity (Wildman–Crippen MR) is 213 cm³/mol. The Kier molecular flexibility index (Phi) is 5.96. The lowest BCUT2D eigenvalue weighted by Crippen LogP contribution is -1.93. The molecule has 0 saturated heterocycles. The van der Waals surface area contributed by atoms with Gasteiger partial charge in [0.2, 0.25) is 0 Å². The number of para-hydroxylation sites is 5. The van der Waals surface area contributed by atoms with Gasteiger partial charge < -0.3 is 13.6 Å². The van der Waals surface area contributed by atoms with Crippen molar-refractivity contribution in [2.75, 3.05) is 0 Å². The van der Waals surface area contributed by atoms with E-state index >= 15 is 0 Å². The van der Waals surface area contributed by atoms with Gasteiger partial charge in [0.05, 0.1) is 22.1 Å². The predicted octanol–water partition coefficient (Wildman–Crippen LogP) is 13.1. The van der Waals surface area contributed by atoms with Gasteiger partial charge in [-0.2, -0.15) is 0 Å². The van der Waals surface area contributed by atoms with Gasteiger partial charge in [-0.15, -0.1) is 0 Å². The maximum absolute atomic E-state index is 6.61. The van der Waals surface area contributed by atoms with Gasteiger partial charge in [0.1, 0.15) is 11.2 Å². The lowest BCUT2D eigenvalue weighted by molar-refractivity contribution is 0.669. The second-order valence-corrected chi connectivity index (χ2v) is 13.3. The highest BCUT2D eigenvalue weighted by atomic mass is 16.3. The molecule has 51 heavy (non-hydrogen) atoms. The quantitative estimate of drug-likeness (QED) is 0.186. The topological polar surface area (TPSA) is 23.0 Å². The van der Waals surface area contributed by atoms with Crippen molar-refractivity contribution in [3.63, 3.8) is 0 Å². The Bertz CT molecular complexity index is 3130. The SMILES string of the molecule is c1ccc(-n2c3ccccc3c3cc(-c4cc(-c5ccc6c(c5)c5ccccc5n6-c5ccccc5)c5c(c4)oc4ccccc45)ccc32)cc1. The summed E-state index contributed by atoms with van der Waals surface area (Å²) in [5.41, 5.74) is 13.5. The van der Waals surface area contributed by atoms with Crippen LogP contribution in [0.5, 0.6) is 0 Å². The molecule has 11 aromatic rings. The van der Waals surface area contributed by atoms with Crippen molar-refractivity contribution >= 4 is 65.6 Å². The van der Waals surface area contributed by atoms with E-state index in [1.807, 2.05) is 6.07 Å². The molecule has 11 rings (SSSR count). The monoisotopic (exact) mass is 650 g/mol. The van der Waals surface area contributed by atoms with Crippen molar-refractivity contribution in [1.29, 1.82) is 0 Å². The van der Waals surface area contributed by atoms with Crippen molar-refractivity contribution in [2.45, 2.75) is 0 Å². The summed E-state index contributed by atoms with van der Waals surface area (Å²) in [6.07, 6.45) is 0. The molecule has 0 fully saturated rings. The first-order valence-corrected chi connectivity index (χ1v) is 17.4. The molecular formula is C48H30N2O. The summed E-state index contributed by atoms with van der Waals surface area (Å²) in [5, 5.41) is 7.21. The Morgan fingerprint density at radius 3 is 1.43 bits per heavy atom. The molecule has 0 unspecified atom stereocenters. The van der Waals surface area contributed by atoms with Crippen LogP contribution in [0.4, 0.5) is 0 Å². The van der Waals surface area contributed by atoms with E-state index in [0.717, 1.165) is 50.0 Å². The van der Waals surface area contributed by atoms with Crippen LogP contribution >= 0.6 is 0 Å². The van der Waals surface area contributed by atoms with Crippen LogP contribution in [-0.2, 0) is 0 Å². The van der Waals surface area contributed by atoms with E-state index in [2.05, 4.69) is 185 Å². The molecule has 0 radical (unpaired) electrons. The maximum Gasteiger partial charge on any atom is 0.136 e. The average molecular weight is 651 g/mol. The largest absolute Gasteiger partial charge is 0.456 e. The van der Waals surface area contributed by atoms with Crippen molar-refractivity contribution in [2.24, 2.45) is 0 Å². The molecule has 0 amide bonds. The van der Waals surface area contributed by atoms with Gasteiger partial charge in [-0.1, -0.05) is 103 Å².